The zero-order valence-corrected chi connectivity index (χ0v) is 10.6. The molecule has 0 spiro atoms. The highest BCUT2D eigenvalue weighted by molar-refractivity contribution is 7.10. The molecule has 0 aliphatic carbocycles. The van der Waals surface area contributed by atoms with Gasteiger partial charge in [0.1, 0.15) is 0 Å². The zero-order valence-electron chi connectivity index (χ0n) is 9.81. The summed E-state index contributed by atoms with van der Waals surface area (Å²) in [7, 11) is 0. The van der Waals surface area contributed by atoms with Crippen LogP contribution in [0.15, 0.2) is 41.8 Å². The summed E-state index contributed by atoms with van der Waals surface area (Å²) in [4.78, 5) is 1.31. The van der Waals surface area contributed by atoms with Crippen LogP contribution in [0.4, 0.5) is 0 Å². The molecule has 0 aliphatic rings. The van der Waals surface area contributed by atoms with Crippen molar-refractivity contribution in [3.63, 3.8) is 0 Å². The summed E-state index contributed by atoms with van der Waals surface area (Å²) in [6.07, 6.45) is 5.32. The van der Waals surface area contributed by atoms with Gasteiger partial charge in [0.15, 0.2) is 0 Å². The summed E-state index contributed by atoms with van der Waals surface area (Å²) in [6, 6.07) is 12.8. The first-order valence-corrected chi connectivity index (χ1v) is 6.50. The molecule has 1 heterocycles. The first-order chi connectivity index (χ1) is 8.29. The predicted molar refractivity (Wildman–Crippen MR) is 74.9 cm³/mol. The molecular weight excluding hydrogens is 226 g/mol. The van der Waals surface area contributed by atoms with Crippen LogP contribution in [0.25, 0.3) is 11.1 Å². The fraction of sp³-hybridized carbons (Fsp3) is 0.200. The molecule has 1 N–H and O–H groups in total. The standard InChI is InChI=1S/C15H15NS/c1-3-12(2)16-10-15-9-14(11-17-15)13-7-5-4-6-8-13/h1,4-9,11-12,16H,10H2,2H3. The maximum atomic E-state index is 5.32. The Balaban J connectivity index is 2.05. The van der Waals surface area contributed by atoms with E-state index in [9.17, 15) is 0 Å². The van der Waals surface area contributed by atoms with Crippen LogP contribution >= 0.6 is 11.3 Å². The van der Waals surface area contributed by atoms with Gasteiger partial charge >= 0.3 is 0 Å². The van der Waals surface area contributed by atoms with E-state index in [1.807, 2.05) is 13.0 Å². The van der Waals surface area contributed by atoms with E-state index in [2.05, 4.69) is 46.9 Å². The van der Waals surface area contributed by atoms with E-state index in [-0.39, 0.29) is 6.04 Å². The third-order valence-electron chi connectivity index (χ3n) is 2.59. The van der Waals surface area contributed by atoms with Crippen LogP contribution < -0.4 is 5.32 Å². The van der Waals surface area contributed by atoms with E-state index in [0.29, 0.717) is 0 Å². The maximum absolute atomic E-state index is 5.32. The number of thiophene rings is 1. The van der Waals surface area contributed by atoms with E-state index in [1.54, 1.807) is 11.3 Å². The highest BCUT2D eigenvalue weighted by Crippen LogP contribution is 2.25. The van der Waals surface area contributed by atoms with Gasteiger partial charge in [-0.3, -0.25) is 5.32 Å². The monoisotopic (exact) mass is 241 g/mol. The highest BCUT2D eigenvalue weighted by atomic mass is 32.1. The van der Waals surface area contributed by atoms with Crippen molar-refractivity contribution in [1.29, 1.82) is 0 Å². The number of rotatable bonds is 4. The summed E-state index contributed by atoms with van der Waals surface area (Å²) in [6.45, 7) is 2.83. The van der Waals surface area contributed by atoms with E-state index in [1.165, 1.54) is 16.0 Å². The van der Waals surface area contributed by atoms with Gasteiger partial charge in [-0.15, -0.1) is 17.8 Å². The van der Waals surface area contributed by atoms with Crippen molar-refractivity contribution in [3.8, 4) is 23.5 Å². The molecule has 0 radical (unpaired) electrons. The van der Waals surface area contributed by atoms with Crippen molar-refractivity contribution in [2.75, 3.05) is 0 Å². The number of hydrogen-bond acceptors (Lipinski definition) is 2. The van der Waals surface area contributed by atoms with Crippen molar-refractivity contribution in [3.05, 3.63) is 46.7 Å². The van der Waals surface area contributed by atoms with E-state index < -0.39 is 0 Å². The van der Waals surface area contributed by atoms with Crippen LogP contribution in [0.3, 0.4) is 0 Å². The van der Waals surface area contributed by atoms with Crippen LogP contribution in [-0.4, -0.2) is 6.04 Å². The van der Waals surface area contributed by atoms with Gasteiger partial charge in [0.25, 0.3) is 0 Å². The van der Waals surface area contributed by atoms with Gasteiger partial charge in [0.05, 0.1) is 6.04 Å². The summed E-state index contributed by atoms with van der Waals surface area (Å²) >= 11 is 1.77. The van der Waals surface area contributed by atoms with Crippen molar-refractivity contribution < 1.29 is 0 Å². The average Bonchev–Trinajstić information content (AvgIpc) is 2.86. The second-order valence-corrected chi connectivity index (χ2v) is 4.93. The molecule has 0 amide bonds. The third-order valence-corrected chi connectivity index (χ3v) is 3.53. The SMILES string of the molecule is C#CC(C)NCc1cc(-c2ccccc2)cs1. The Hall–Kier alpha value is -1.56. The van der Waals surface area contributed by atoms with Gasteiger partial charge < -0.3 is 0 Å². The van der Waals surface area contributed by atoms with Gasteiger partial charge in [-0.25, -0.2) is 0 Å². The predicted octanol–water partition coefficient (Wildman–Crippen LogP) is 3.53. The van der Waals surface area contributed by atoms with E-state index in [4.69, 9.17) is 6.42 Å². The minimum Gasteiger partial charge on any atom is -0.299 e. The molecule has 0 bridgehead atoms. The minimum absolute atomic E-state index is 0.122. The van der Waals surface area contributed by atoms with Crippen molar-refractivity contribution in [1.82, 2.24) is 5.32 Å². The molecule has 86 valence electrons. The molecule has 0 saturated heterocycles. The van der Waals surface area contributed by atoms with Crippen molar-refractivity contribution in [2.24, 2.45) is 0 Å². The maximum Gasteiger partial charge on any atom is 0.0661 e. The molecule has 1 aromatic carbocycles. The van der Waals surface area contributed by atoms with E-state index >= 15 is 0 Å². The highest BCUT2D eigenvalue weighted by Gasteiger charge is 2.03. The Morgan fingerprint density at radius 1 is 1.29 bits per heavy atom. The number of nitrogens with one attached hydrogen (secondary N) is 1. The summed E-state index contributed by atoms with van der Waals surface area (Å²) < 4.78 is 0. The molecule has 1 unspecified atom stereocenters. The summed E-state index contributed by atoms with van der Waals surface area (Å²) in [5, 5.41) is 5.48. The lowest BCUT2D eigenvalue weighted by molar-refractivity contribution is 0.654. The quantitative estimate of drug-likeness (QED) is 0.808. The molecule has 1 aromatic heterocycles. The van der Waals surface area contributed by atoms with Gasteiger partial charge in [-0.1, -0.05) is 36.3 Å². The average molecular weight is 241 g/mol. The second-order valence-electron chi connectivity index (χ2n) is 3.94. The second kappa shape index (κ2) is 5.67. The first kappa shape index (κ1) is 11.9. The molecule has 2 rings (SSSR count). The smallest absolute Gasteiger partial charge is 0.0661 e. The summed E-state index contributed by atoms with van der Waals surface area (Å²) in [5.74, 6) is 2.67. The minimum atomic E-state index is 0.122. The normalized spacial score (nSPS) is 12.0. The van der Waals surface area contributed by atoms with Gasteiger partial charge in [0, 0.05) is 11.4 Å². The molecule has 2 heteroatoms. The Kier molecular flexibility index (Phi) is 3.98. The molecule has 0 saturated carbocycles. The topological polar surface area (TPSA) is 12.0 Å². The van der Waals surface area contributed by atoms with Crippen LogP contribution in [0, 0.1) is 12.3 Å². The zero-order chi connectivity index (χ0) is 12.1. The van der Waals surface area contributed by atoms with Gasteiger partial charge in [-0.2, -0.15) is 0 Å². The first-order valence-electron chi connectivity index (χ1n) is 5.62. The molecule has 1 nitrogen and oxygen atoms in total. The molecule has 17 heavy (non-hydrogen) atoms. The third kappa shape index (κ3) is 3.20. The van der Waals surface area contributed by atoms with Gasteiger partial charge in [-0.05, 0) is 29.5 Å². The lowest BCUT2D eigenvalue weighted by Gasteiger charge is -2.04. The van der Waals surface area contributed by atoms with Gasteiger partial charge in [0.2, 0.25) is 0 Å². The molecule has 2 aromatic rings. The fourth-order valence-electron chi connectivity index (χ4n) is 1.57. The van der Waals surface area contributed by atoms with Crippen LogP contribution in [0.2, 0.25) is 0 Å². The lowest BCUT2D eigenvalue weighted by Crippen LogP contribution is -2.22. The van der Waals surface area contributed by atoms with Crippen LogP contribution in [0.1, 0.15) is 11.8 Å². The Labute approximate surface area is 107 Å². The van der Waals surface area contributed by atoms with Crippen LogP contribution in [-0.2, 0) is 6.54 Å². The fourth-order valence-corrected chi connectivity index (χ4v) is 2.41. The number of benzene rings is 1. The Morgan fingerprint density at radius 2 is 2.06 bits per heavy atom. The molecule has 0 aliphatic heterocycles. The Bertz CT molecular complexity index is 507. The lowest BCUT2D eigenvalue weighted by atomic mass is 10.1. The summed E-state index contributed by atoms with van der Waals surface area (Å²) in [5.41, 5.74) is 2.54. The number of terminal acetylenes is 1. The number of hydrogen-bond donors (Lipinski definition) is 1. The van der Waals surface area contributed by atoms with Crippen LogP contribution in [0.5, 0.6) is 0 Å². The Morgan fingerprint density at radius 3 is 2.76 bits per heavy atom. The van der Waals surface area contributed by atoms with Crippen molar-refractivity contribution in [2.45, 2.75) is 19.5 Å². The molecule has 1 atom stereocenters. The molecular formula is C15H15NS. The van der Waals surface area contributed by atoms with Crippen molar-refractivity contribution >= 4 is 11.3 Å². The molecule has 0 fully saturated rings. The van der Waals surface area contributed by atoms with E-state index in [0.717, 1.165) is 6.54 Å². The largest absolute Gasteiger partial charge is 0.299 e.